The van der Waals surface area contributed by atoms with E-state index in [-0.39, 0.29) is 5.97 Å². The lowest BCUT2D eigenvalue weighted by Crippen LogP contribution is -1.93. The lowest BCUT2D eigenvalue weighted by molar-refractivity contribution is -0.134. The molecule has 0 aromatic heterocycles. The number of benzene rings is 1. The first-order valence-electron chi connectivity index (χ1n) is 8.80. The molecular formula is C21H30O3. The van der Waals surface area contributed by atoms with Gasteiger partial charge in [0, 0.05) is 6.08 Å². The summed E-state index contributed by atoms with van der Waals surface area (Å²) < 4.78 is 9.85. The molecule has 0 bridgehead atoms. The molecule has 1 rings (SSSR count). The zero-order chi connectivity index (χ0) is 17.6. The third-order valence-electron chi connectivity index (χ3n) is 3.99. The minimum absolute atomic E-state index is 0.333. The molecular weight excluding hydrogens is 300 g/mol. The van der Waals surface area contributed by atoms with Crippen molar-refractivity contribution in [3.05, 3.63) is 48.1 Å². The Morgan fingerprint density at radius 1 is 1.00 bits per heavy atom. The highest BCUT2D eigenvalue weighted by Crippen LogP contribution is 2.24. The fourth-order valence-electron chi connectivity index (χ4n) is 2.54. The Labute approximate surface area is 146 Å². The maximum atomic E-state index is 11.2. The third-order valence-corrected chi connectivity index (χ3v) is 3.99. The number of unbranched alkanes of at least 4 members (excludes halogenated alkanes) is 5. The van der Waals surface area contributed by atoms with E-state index in [0.29, 0.717) is 0 Å². The monoisotopic (exact) mass is 330 g/mol. The highest BCUT2D eigenvalue weighted by atomic mass is 16.5. The first-order chi connectivity index (χ1) is 11.7. The molecule has 0 radical (unpaired) electrons. The normalized spacial score (nSPS) is 11.7. The third kappa shape index (κ3) is 8.00. The summed E-state index contributed by atoms with van der Waals surface area (Å²) in [5, 5.41) is 0. The molecule has 0 heterocycles. The maximum Gasteiger partial charge on any atom is 0.330 e. The zero-order valence-electron chi connectivity index (χ0n) is 15.2. The van der Waals surface area contributed by atoms with Gasteiger partial charge in [0.05, 0.1) is 14.2 Å². The topological polar surface area (TPSA) is 35.5 Å². The van der Waals surface area contributed by atoms with Crippen LogP contribution in [0.2, 0.25) is 0 Å². The second kappa shape index (κ2) is 12.4. The summed E-state index contributed by atoms with van der Waals surface area (Å²) in [6.45, 7) is 2.23. The summed E-state index contributed by atoms with van der Waals surface area (Å²) in [5.74, 6) is 0.516. The van der Waals surface area contributed by atoms with Gasteiger partial charge in [-0.25, -0.2) is 4.79 Å². The van der Waals surface area contributed by atoms with Crippen molar-refractivity contribution in [3.8, 4) is 5.75 Å². The molecule has 132 valence electrons. The molecule has 0 saturated heterocycles. The van der Waals surface area contributed by atoms with Gasteiger partial charge in [-0.3, -0.25) is 0 Å². The lowest BCUT2D eigenvalue weighted by atomic mass is 9.98. The largest absolute Gasteiger partial charge is 0.497 e. The molecule has 0 aliphatic rings. The molecule has 0 amide bonds. The first kappa shape index (κ1) is 20.0. The van der Waals surface area contributed by atoms with Gasteiger partial charge in [-0.1, -0.05) is 63.3 Å². The fraction of sp³-hybridized carbons (Fsp3) is 0.476. The van der Waals surface area contributed by atoms with E-state index < -0.39 is 0 Å². The molecule has 0 N–H and O–H groups in total. The number of allylic oxidation sites excluding steroid dienone is 3. The molecule has 0 atom stereocenters. The zero-order valence-corrected chi connectivity index (χ0v) is 15.2. The number of hydrogen-bond acceptors (Lipinski definition) is 3. The van der Waals surface area contributed by atoms with Crippen molar-refractivity contribution in [2.24, 2.45) is 0 Å². The van der Waals surface area contributed by atoms with Crippen LogP contribution in [-0.2, 0) is 9.53 Å². The van der Waals surface area contributed by atoms with E-state index in [1.54, 1.807) is 13.2 Å². The Kier molecular flexibility index (Phi) is 10.3. The Morgan fingerprint density at radius 2 is 1.67 bits per heavy atom. The molecule has 0 saturated carbocycles. The van der Waals surface area contributed by atoms with Crippen LogP contribution in [0, 0.1) is 0 Å². The van der Waals surface area contributed by atoms with Crippen molar-refractivity contribution in [2.45, 2.75) is 51.9 Å². The predicted molar refractivity (Wildman–Crippen MR) is 100 cm³/mol. The summed E-state index contributed by atoms with van der Waals surface area (Å²) in [5.41, 5.74) is 2.40. The van der Waals surface area contributed by atoms with E-state index in [1.165, 1.54) is 56.4 Å². The van der Waals surface area contributed by atoms with Gasteiger partial charge in [0.1, 0.15) is 5.75 Å². The summed E-state index contributed by atoms with van der Waals surface area (Å²) in [7, 11) is 3.05. The van der Waals surface area contributed by atoms with Gasteiger partial charge in [-0.05, 0) is 36.1 Å². The maximum absolute atomic E-state index is 11.2. The van der Waals surface area contributed by atoms with Gasteiger partial charge in [0.2, 0.25) is 0 Å². The highest BCUT2D eigenvalue weighted by Gasteiger charge is 2.02. The van der Waals surface area contributed by atoms with Crippen molar-refractivity contribution in [3.63, 3.8) is 0 Å². The van der Waals surface area contributed by atoms with Gasteiger partial charge in [0.25, 0.3) is 0 Å². The van der Waals surface area contributed by atoms with Gasteiger partial charge in [-0.15, -0.1) is 0 Å². The molecule has 1 aromatic rings. The van der Waals surface area contributed by atoms with E-state index in [1.807, 2.05) is 18.2 Å². The summed E-state index contributed by atoms with van der Waals surface area (Å²) >= 11 is 0. The van der Waals surface area contributed by atoms with E-state index in [2.05, 4.69) is 23.8 Å². The molecule has 0 aliphatic carbocycles. The van der Waals surface area contributed by atoms with Gasteiger partial charge in [0.15, 0.2) is 0 Å². The van der Waals surface area contributed by atoms with Crippen LogP contribution < -0.4 is 4.74 Å². The van der Waals surface area contributed by atoms with Crippen LogP contribution in [0.15, 0.2) is 42.5 Å². The van der Waals surface area contributed by atoms with Crippen molar-refractivity contribution in [1.29, 1.82) is 0 Å². The number of hydrogen-bond donors (Lipinski definition) is 0. The van der Waals surface area contributed by atoms with Crippen molar-refractivity contribution in [2.75, 3.05) is 14.2 Å². The van der Waals surface area contributed by atoms with E-state index in [0.717, 1.165) is 18.6 Å². The van der Waals surface area contributed by atoms with Crippen LogP contribution in [-0.4, -0.2) is 20.2 Å². The minimum Gasteiger partial charge on any atom is -0.497 e. The molecule has 0 fully saturated rings. The lowest BCUT2D eigenvalue weighted by Gasteiger charge is -2.09. The number of esters is 1. The van der Waals surface area contributed by atoms with E-state index in [4.69, 9.17) is 4.74 Å². The highest BCUT2D eigenvalue weighted by molar-refractivity contribution is 5.82. The van der Waals surface area contributed by atoms with Gasteiger partial charge < -0.3 is 9.47 Å². The average Bonchev–Trinajstić information content (AvgIpc) is 2.63. The van der Waals surface area contributed by atoms with Crippen LogP contribution in [0.25, 0.3) is 5.57 Å². The van der Waals surface area contributed by atoms with Crippen molar-refractivity contribution < 1.29 is 14.3 Å². The smallest absolute Gasteiger partial charge is 0.330 e. The minimum atomic E-state index is -0.333. The number of ether oxygens (including phenoxy) is 2. The van der Waals surface area contributed by atoms with Gasteiger partial charge in [-0.2, -0.15) is 0 Å². The van der Waals surface area contributed by atoms with E-state index in [9.17, 15) is 4.79 Å². The van der Waals surface area contributed by atoms with Crippen LogP contribution >= 0.6 is 0 Å². The Bertz CT molecular complexity index is 527. The molecule has 3 nitrogen and oxygen atoms in total. The Morgan fingerprint density at radius 3 is 2.29 bits per heavy atom. The van der Waals surface area contributed by atoms with Crippen LogP contribution in [0.1, 0.15) is 57.4 Å². The summed E-state index contributed by atoms with van der Waals surface area (Å²) in [4.78, 5) is 11.2. The molecule has 24 heavy (non-hydrogen) atoms. The molecule has 0 unspecified atom stereocenters. The summed E-state index contributed by atoms with van der Waals surface area (Å²) in [6, 6.07) is 8.06. The molecule has 3 heteroatoms. The second-order valence-electron chi connectivity index (χ2n) is 5.82. The number of carbonyl (C=O) groups is 1. The van der Waals surface area contributed by atoms with E-state index >= 15 is 0 Å². The fourth-order valence-corrected chi connectivity index (χ4v) is 2.54. The standard InChI is InChI=1S/C21H30O3/c1-4-5-6-7-8-9-11-18(12-10-13-21(22)24-3)19-14-16-20(23-2)17-15-19/h10,12-17H,4-9,11H2,1-3H3/b13-10+,18-12+. The molecule has 1 aromatic carbocycles. The first-order valence-corrected chi connectivity index (χ1v) is 8.80. The number of carbonyl (C=O) groups excluding carboxylic acids is 1. The molecule has 0 aliphatic heterocycles. The number of rotatable bonds is 11. The Balaban J connectivity index is 2.69. The number of methoxy groups -OCH3 is 2. The van der Waals surface area contributed by atoms with Crippen molar-refractivity contribution in [1.82, 2.24) is 0 Å². The van der Waals surface area contributed by atoms with Crippen molar-refractivity contribution >= 4 is 11.5 Å². The van der Waals surface area contributed by atoms with Crippen LogP contribution in [0.3, 0.4) is 0 Å². The van der Waals surface area contributed by atoms with Crippen LogP contribution in [0.4, 0.5) is 0 Å². The average molecular weight is 330 g/mol. The SMILES string of the molecule is CCCCCCCC/C(=C\C=C\C(=O)OC)c1ccc(OC)cc1. The second-order valence-corrected chi connectivity index (χ2v) is 5.82. The van der Waals surface area contributed by atoms with Gasteiger partial charge >= 0.3 is 5.97 Å². The Hall–Kier alpha value is -2.03. The predicted octanol–water partition coefficient (Wildman–Crippen LogP) is 5.56. The van der Waals surface area contributed by atoms with Crippen LogP contribution in [0.5, 0.6) is 5.75 Å². The molecule has 0 spiro atoms. The quantitative estimate of drug-likeness (QED) is 0.231. The summed E-state index contributed by atoms with van der Waals surface area (Å²) in [6.07, 6.45) is 13.8.